The normalized spacial score (nSPS) is 10.4. The maximum Gasteiger partial charge on any atom is 0.293 e. The second-order valence-corrected chi connectivity index (χ2v) is 5.52. The third-order valence-corrected chi connectivity index (χ3v) is 3.51. The quantitative estimate of drug-likeness (QED) is 0.562. The number of anilines is 2. The molecular formula is C12H6BrCl2FN2O2. The van der Waals surface area contributed by atoms with Crippen molar-refractivity contribution < 1.29 is 9.31 Å². The third kappa shape index (κ3) is 3.20. The van der Waals surface area contributed by atoms with E-state index in [2.05, 4.69) is 21.2 Å². The molecular weight excluding hydrogens is 374 g/mol. The van der Waals surface area contributed by atoms with Crippen molar-refractivity contribution in [1.29, 1.82) is 0 Å². The standard InChI is InChI=1S/C12H6BrCl2FN2O2/c13-6-1-2-10(11(3-6)18(19)20)17-12-8(14)4-7(16)5-9(12)15/h1-5,17H. The molecule has 4 nitrogen and oxygen atoms in total. The lowest BCUT2D eigenvalue weighted by Gasteiger charge is -2.11. The van der Waals surface area contributed by atoms with Gasteiger partial charge in [0.05, 0.1) is 20.7 Å². The van der Waals surface area contributed by atoms with E-state index in [1.165, 1.54) is 12.1 Å². The number of nitro groups is 1. The molecule has 0 bridgehead atoms. The number of hydrogen-bond acceptors (Lipinski definition) is 3. The van der Waals surface area contributed by atoms with E-state index in [0.29, 0.717) is 4.47 Å². The van der Waals surface area contributed by atoms with E-state index >= 15 is 0 Å². The Balaban J connectivity index is 2.48. The molecule has 0 saturated heterocycles. The molecule has 1 N–H and O–H groups in total. The highest BCUT2D eigenvalue weighted by atomic mass is 79.9. The van der Waals surface area contributed by atoms with Crippen LogP contribution in [0.4, 0.5) is 21.5 Å². The first-order valence-electron chi connectivity index (χ1n) is 5.24. The van der Waals surface area contributed by atoms with Crippen molar-refractivity contribution in [2.45, 2.75) is 0 Å². The predicted octanol–water partition coefficient (Wildman–Crippen LogP) is 5.55. The molecule has 0 aromatic heterocycles. The Kier molecular flexibility index (Phi) is 4.47. The molecule has 0 radical (unpaired) electrons. The summed E-state index contributed by atoms with van der Waals surface area (Å²) in [4.78, 5) is 10.5. The van der Waals surface area contributed by atoms with Gasteiger partial charge >= 0.3 is 0 Å². The SMILES string of the molecule is O=[N+]([O-])c1cc(Br)ccc1Nc1c(Cl)cc(F)cc1Cl. The monoisotopic (exact) mass is 378 g/mol. The summed E-state index contributed by atoms with van der Waals surface area (Å²) in [5, 5.41) is 13.8. The van der Waals surface area contributed by atoms with Crippen LogP contribution in [-0.2, 0) is 0 Å². The summed E-state index contributed by atoms with van der Waals surface area (Å²) in [6.45, 7) is 0. The Hall–Kier alpha value is -1.37. The van der Waals surface area contributed by atoms with E-state index in [0.717, 1.165) is 12.1 Å². The van der Waals surface area contributed by atoms with Crippen molar-refractivity contribution in [3.63, 3.8) is 0 Å². The van der Waals surface area contributed by atoms with Crippen LogP contribution in [0, 0.1) is 15.9 Å². The number of nitrogens with one attached hydrogen (secondary N) is 1. The van der Waals surface area contributed by atoms with Crippen LogP contribution < -0.4 is 5.32 Å². The molecule has 0 unspecified atom stereocenters. The van der Waals surface area contributed by atoms with Gasteiger partial charge in [-0.3, -0.25) is 10.1 Å². The summed E-state index contributed by atoms with van der Waals surface area (Å²) < 4.78 is 13.7. The molecule has 0 spiro atoms. The first-order valence-corrected chi connectivity index (χ1v) is 6.79. The summed E-state index contributed by atoms with van der Waals surface area (Å²) in [5.74, 6) is -0.587. The molecule has 2 aromatic carbocycles. The average Bonchev–Trinajstić information content (AvgIpc) is 2.34. The van der Waals surface area contributed by atoms with Crippen LogP contribution in [-0.4, -0.2) is 4.92 Å². The summed E-state index contributed by atoms with van der Waals surface area (Å²) in [5.41, 5.74) is 0.254. The topological polar surface area (TPSA) is 55.2 Å². The van der Waals surface area contributed by atoms with E-state index in [1.54, 1.807) is 6.07 Å². The fourth-order valence-electron chi connectivity index (χ4n) is 1.56. The van der Waals surface area contributed by atoms with Gasteiger partial charge in [0.2, 0.25) is 0 Å². The van der Waals surface area contributed by atoms with Crippen molar-refractivity contribution in [2.75, 3.05) is 5.32 Å². The van der Waals surface area contributed by atoms with E-state index in [1.807, 2.05) is 0 Å². The molecule has 0 aliphatic heterocycles. The maximum absolute atomic E-state index is 13.1. The van der Waals surface area contributed by atoms with E-state index in [4.69, 9.17) is 23.2 Å². The minimum atomic E-state index is -0.587. The first-order chi connectivity index (χ1) is 9.38. The Bertz CT molecular complexity index is 674. The minimum absolute atomic E-state index is 0.0345. The number of halogens is 4. The van der Waals surface area contributed by atoms with E-state index in [9.17, 15) is 14.5 Å². The van der Waals surface area contributed by atoms with Crippen LogP contribution >= 0.6 is 39.1 Å². The molecule has 0 fully saturated rings. The van der Waals surface area contributed by atoms with Gasteiger partial charge in [0.1, 0.15) is 11.5 Å². The lowest BCUT2D eigenvalue weighted by Crippen LogP contribution is -1.98. The summed E-state index contributed by atoms with van der Waals surface area (Å²) in [6.07, 6.45) is 0. The van der Waals surface area contributed by atoms with Crippen molar-refractivity contribution in [3.05, 3.63) is 60.8 Å². The van der Waals surface area contributed by atoms with E-state index < -0.39 is 10.7 Å². The highest BCUT2D eigenvalue weighted by molar-refractivity contribution is 9.10. The van der Waals surface area contributed by atoms with Gasteiger partial charge in [-0.25, -0.2) is 4.39 Å². The lowest BCUT2D eigenvalue weighted by molar-refractivity contribution is -0.384. The number of nitro benzene ring substituents is 1. The van der Waals surface area contributed by atoms with Gasteiger partial charge in [-0.2, -0.15) is 0 Å². The molecule has 0 aliphatic rings. The highest BCUT2D eigenvalue weighted by Gasteiger charge is 2.17. The predicted molar refractivity (Wildman–Crippen MR) is 80.5 cm³/mol. The Morgan fingerprint density at radius 2 is 1.80 bits per heavy atom. The first kappa shape index (κ1) is 15.0. The van der Waals surface area contributed by atoms with Crippen molar-refractivity contribution >= 4 is 56.2 Å². The molecule has 0 aliphatic carbocycles. The zero-order chi connectivity index (χ0) is 14.9. The Morgan fingerprint density at radius 3 is 2.35 bits per heavy atom. The largest absolute Gasteiger partial charge is 0.347 e. The highest BCUT2D eigenvalue weighted by Crippen LogP contribution is 2.37. The fourth-order valence-corrected chi connectivity index (χ4v) is 2.46. The Labute approximate surface area is 131 Å². The van der Waals surface area contributed by atoms with Gasteiger partial charge < -0.3 is 5.32 Å². The maximum atomic E-state index is 13.1. The van der Waals surface area contributed by atoms with Gasteiger partial charge in [-0.05, 0) is 24.3 Å². The van der Waals surface area contributed by atoms with Crippen LogP contribution in [0.3, 0.4) is 0 Å². The van der Waals surface area contributed by atoms with Crippen molar-refractivity contribution in [1.82, 2.24) is 0 Å². The van der Waals surface area contributed by atoms with Crippen molar-refractivity contribution in [3.8, 4) is 0 Å². The molecule has 0 amide bonds. The zero-order valence-electron chi connectivity index (χ0n) is 9.66. The molecule has 2 rings (SSSR count). The van der Waals surface area contributed by atoms with Crippen LogP contribution in [0.2, 0.25) is 10.0 Å². The molecule has 20 heavy (non-hydrogen) atoms. The van der Waals surface area contributed by atoms with Gasteiger partial charge in [0.15, 0.2) is 0 Å². The second kappa shape index (κ2) is 5.95. The number of benzene rings is 2. The molecule has 2 aromatic rings. The molecule has 104 valence electrons. The van der Waals surface area contributed by atoms with Gasteiger partial charge in [0, 0.05) is 10.5 Å². The summed E-state index contributed by atoms with van der Waals surface area (Å²) in [6, 6.07) is 6.60. The van der Waals surface area contributed by atoms with Crippen LogP contribution in [0.5, 0.6) is 0 Å². The lowest BCUT2D eigenvalue weighted by atomic mass is 10.2. The fraction of sp³-hybridized carbons (Fsp3) is 0. The minimum Gasteiger partial charge on any atom is -0.347 e. The summed E-state index contributed by atoms with van der Waals surface area (Å²) in [7, 11) is 0. The van der Waals surface area contributed by atoms with Crippen molar-refractivity contribution in [2.24, 2.45) is 0 Å². The second-order valence-electron chi connectivity index (χ2n) is 3.79. The number of nitrogens with zero attached hydrogens (tertiary/aromatic N) is 1. The number of rotatable bonds is 3. The molecule has 0 atom stereocenters. The van der Waals surface area contributed by atoms with Gasteiger partial charge in [0.25, 0.3) is 5.69 Å². The van der Waals surface area contributed by atoms with Crippen LogP contribution in [0.25, 0.3) is 0 Å². The average molecular weight is 380 g/mol. The molecule has 0 saturated carbocycles. The molecule has 8 heteroatoms. The van der Waals surface area contributed by atoms with E-state index in [-0.39, 0.29) is 27.1 Å². The van der Waals surface area contributed by atoms with Crippen LogP contribution in [0.15, 0.2) is 34.8 Å². The van der Waals surface area contributed by atoms with Crippen LogP contribution in [0.1, 0.15) is 0 Å². The Morgan fingerprint density at radius 1 is 1.20 bits per heavy atom. The molecule has 0 heterocycles. The third-order valence-electron chi connectivity index (χ3n) is 2.42. The zero-order valence-corrected chi connectivity index (χ0v) is 12.8. The van der Waals surface area contributed by atoms with Gasteiger partial charge in [-0.1, -0.05) is 39.1 Å². The number of hydrogen-bond donors (Lipinski definition) is 1. The summed E-state index contributed by atoms with van der Waals surface area (Å²) >= 11 is 14.9. The smallest absolute Gasteiger partial charge is 0.293 e. The van der Waals surface area contributed by atoms with Gasteiger partial charge in [-0.15, -0.1) is 0 Å².